The molecule has 1 aromatic heterocycles. The fourth-order valence-corrected chi connectivity index (χ4v) is 3.27. The maximum absolute atomic E-state index is 5.47. The molecule has 3 rings (SSSR count). The van der Waals surface area contributed by atoms with Crippen molar-refractivity contribution in [1.82, 2.24) is 15.2 Å². The zero-order valence-electron chi connectivity index (χ0n) is 17.3. The summed E-state index contributed by atoms with van der Waals surface area (Å²) in [6.45, 7) is 7.02. The molecule has 1 saturated heterocycles. The van der Waals surface area contributed by atoms with Gasteiger partial charge in [-0.05, 0) is 42.8 Å². The van der Waals surface area contributed by atoms with E-state index < -0.39 is 0 Å². The summed E-state index contributed by atoms with van der Waals surface area (Å²) in [5.41, 5.74) is 2.35. The molecule has 0 unspecified atom stereocenters. The minimum absolute atomic E-state index is 0. The van der Waals surface area contributed by atoms with E-state index >= 15 is 0 Å². The minimum atomic E-state index is 0. The van der Waals surface area contributed by atoms with Crippen LogP contribution in [0.2, 0.25) is 0 Å². The first-order valence-electron chi connectivity index (χ1n) is 9.65. The third-order valence-corrected chi connectivity index (χ3v) is 4.77. The normalized spacial score (nSPS) is 14.2. The van der Waals surface area contributed by atoms with Gasteiger partial charge in [0.05, 0.1) is 13.7 Å². The van der Waals surface area contributed by atoms with E-state index in [1.54, 1.807) is 13.3 Å². The number of guanidine groups is 1. The Balaban J connectivity index is 0.00000300. The van der Waals surface area contributed by atoms with Crippen LogP contribution in [0.1, 0.15) is 12.5 Å². The molecule has 0 amide bonds. The summed E-state index contributed by atoms with van der Waals surface area (Å²) >= 11 is 0. The number of rotatable bonds is 6. The Kier molecular flexibility index (Phi) is 9.30. The van der Waals surface area contributed by atoms with E-state index in [0.717, 1.165) is 43.5 Å². The van der Waals surface area contributed by atoms with Crippen molar-refractivity contribution in [3.05, 3.63) is 48.2 Å². The molecule has 29 heavy (non-hydrogen) atoms. The molecule has 7 nitrogen and oxygen atoms in total. The van der Waals surface area contributed by atoms with E-state index in [9.17, 15) is 0 Å². The summed E-state index contributed by atoms with van der Waals surface area (Å²) in [5.74, 6) is 2.46. The van der Waals surface area contributed by atoms with Gasteiger partial charge in [-0.1, -0.05) is 0 Å². The highest BCUT2D eigenvalue weighted by atomic mass is 127. The van der Waals surface area contributed by atoms with Crippen molar-refractivity contribution in [3.8, 4) is 11.6 Å². The Morgan fingerprint density at radius 1 is 1.14 bits per heavy atom. The van der Waals surface area contributed by atoms with Gasteiger partial charge in [0, 0.05) is 57.7 Å². The van der Waals surface area contributed by atoms with Crippen LogP contribution in [0, 0.1) is 0 Å². The summed E-state index contributed by atoms with van der Waals surface area (Å²) in [4.78, 5) is 13.4. The lowest BCUT2D eigenvalue weighted by atomic mass is 10.2. The molecule has 1 fully saturated rings. The molecule has 1 aromatic carbocycles. The molecule has 0 radical (unpaired) electrons. The average molecular weight is 511 g/mol. The molecule has 0 saturated carbocycles. The fraction of sp³-hybridized carbons (Fsp3) is 0.429. The predicted octanol–water partition coefficient (Wildman–Crippen LogP) is 3.00. The van der Waals surface area contributed by atoms with Crippen molar-refractivity contribution in [3.63, 3.8) is 0 Å². The maximum Gasteiger partial charge on any atom is 0.213 e. The van der Waals surface area contributed by atoms with Crippen LogP contribution in [0.15, 0.2) is 47.6 Å². The third-order valence-electron chi connectivity index (χ3n) is 4.77. The number of nitrogens with zero attached hydrogens (tertiary/aromatic N) is 4. The Morgan fingerprint density at radius 3 is 2.48 bits per heavy atom. The lowest BCUT2D eigenvalue weighted by molar-refractivity contribution is 0.326. The number of halogens is 1. The quantitative estimate of drug-likeness (QED) is 0.366. The number of aliphatic imine (C=N–C) groups is 1. The van der Waals surface area contributed by atoms with Gasteiger partial charge in [0.25, 0.3) is 0 Å². The minimum Gasteiger partial charge on any atom is -0.497 e. The SMILES string of the molecule is CCOc1cc(CNC(=NC)N2CCN(c3ccc(OC)cc3)CC2)ccn1.I. The van der Waals surface area contributed by atoms with Crippen molar-refractivity contribution in [1.29, 1.82) is 0 Å². The van der Waals surface area contributed by atoms with Crippen LogP contribution in [0.3, 0.4) is 0 Å². The molecule has 1 N–H and O–H groups in total. The molecule has 1 aliphatic heterocycles. The summed E-state index contributed by atoms with van der Waals surface area (Å²) in [5, 5.41) is 3.45. The number of hydrogen-bond acceptors (Lipinski definition) is 5. The van der Waals surface area contributed by atoms with Crippen LogP contribution in [-0.4, -0.2) is 62.8 Å². The number of benzene rings is 1. The highest BCUT2D eigenvalue weighted by Crippen LogP contribution is 2.20. The molecule has 0 spiro atoms. The van der Waals surface area contributed by atoms with Gasteiger partial charge < -0.3 is 24.6 Å². The number of nitrogens with one attached hydrogen (secondary N) is 1. The van der Waals surface area contributed by atoms with Gasteiger partial charge in [-0.15, -0.1) is 24.0 Å². The monoisotopic (exact) mass is 511 g/mol. The lowest BCUT2D eigenvalue weighted by Crippen LogP contribution is -2.52. The Hall–Kier alpha value is -2.23. The Morgan fingerprint density at radius 2 is 1.86 bits per heavy atom. The Labute approximate surface area is 190 Å². The molecule has 0 bridgehead atoms. The molecule has 2 heterocycles. The van der Waals surface area contributed by atoms with Gasteiger partial charge in [0.15, 0.2) is 5.96 Å². The largest absolute Gasteiger partial charge is 0.497 e. The van der Waals surface area contributed by atoms with Crippen molar-refractivity contribution in [2.45, 2.75) is 13.5 Å². The number of hydrogen-bond donors (Lipinski definition) is 1. The molecule has 158 valence electrons. The van der Waals surface area contributed by atoms with Gasteiger partial charge in [0.1, 0.15) is 5.75 Å². The number of pyridine rings is 1. The van der Waals surface area contributed by atoms with Crippen LogP contribution in [0.25, 0.3) is 0 Å². The predicted molar refractivity (Wildman–Crippen MR) is 128 cm³/mol. The second-order valence-corrected chi connectivity index (χ2v) is 6.51. The number of ether oxygens (including phenoxy) is 2. The molecular weight excluding hydrogens is 481 g/mol. The topological polar surface area (TPSA) is 62.2 Å². The maximum atomic E-state index is 5.47. The van der Waals surface area contributed by atoms with E-state index in [-0.39, 0.29) is 24.0 Å². The molecule has 0 atom stereocenters. The Bertz CT molecular complexity index is 777. The van der Waals surface area contributed by atoms with Crippen molar-refractivity contribution >= 4 is 35.6 Å². The highest BCUT2D eigenvalue weighted by Gasteiger charge is 2.19. The molecule has 2 aromatic rings. The lowest BCUT2D eigenvalue weighted by Gasteiger charge is -2.37. The van der Waals surface area contributed by atoms with E-state index in [0.29, 0.717) is 19.0 Å². The van der Waals surface area contributed by atoms with Gasteiger partial charge in [0.2, 0.25) is 5.88 Å². The first kappa shape index (κ1) is 23.1. The zero-order chi connectivity index (χ0) is 19.8. The molecule has 0 aliphatic carbocycles. The van der Waals surface area contributed by atoms with Crippen molar-refractivity contribution in [2.75, 3.05) is 51.8 Å². The van der Waals surface area contributed by atoms with Crippen molar-refractivity contribution < 1.29 is 9.47 Å². The second-order valence-electron chi connectivity index (χ2n) is 6.51. The number of aromatic nitrogens is 1. The average Bonchev–Trinajstić information content (AvgIpc) is 2.75. The van der Waals surface area contributed by atoms with E-state index in [1.807, 2.05) is 38.2 Å². The number of methoxy groups -OCH3 is 1. The highest BCUT2D eigenvalue weighted by molar-refractivity contribution is 14.0. The molecule has 8 heteroatoms. The molecule has 1 aliphatic rings. The number of piperazine rings is 1. The first-order valence-corrected chi connectivity index (χ1v) is 9.65. The van der Waals surface area contributed by atoms with E-state index in [1.165, 1.54) is 5.69 Å². The van der Waals surface area contributed by atoms with Crippen LogP contribution < -0.4 is 19.7 Å². The zero-order valence-corrected chi connectivity index (χ0v) is 19.6. The summed E-state index contributed by atoms with van der Waals surface area (Å²) < 4.78 is 10.7. The summed E-state index contributed by atoms with van der Waals surface area (Å²) in [6, 6.07) is 12.2. The van der Waals surface area contributed by atoms with Crippen molar-refractivity contribution in [2.24, 2.45) is 4.99 Å². The van der Waals surface area contributed by atoms with E-state index in [4.69, 9.17) is 9.47 Å². The van der Waals surface area contributed by atoms with Gasteiger partial charge in [-0.25, -0.2) is 4.98 Å². The summed E-state index contributed by atoms with van der Waals surface area (Å²) in [6.07, 6.45) is 1.78. The van der Waals surface area contributed by atoms with E-state index in [2.05, 4.69) is 37.2 Å². The van der Waals surface area contributed by atoms with Crippen LogP contribution in [0.5, 0.6) is 11.6 Å². The second kappa shape index (κ2) is 11.7. The third kappa shape index (κ3) is 6.38. The summed E-state index contributed by atoms with van der Waals surface area (Å²) in [7, 11) is 3.52. The fourth-order valence-electron chi connectivity index (χ4n) is 3.27. The standard InChI is InChI=1S/C21H29N5O2.HI/c1-4-28-20-15-17(9-10-23-20)16-24-21(22-2)26-13-11-25(12-14-26)18-5-7-19(27-3)8-6-18;/h5-10,15H,4,11-14,16H2,1-3H3,(H,22,24);1H. The van der Waals surface area contributed by atoms with Crippen LogP contribution in [0.4, 0.5) is 5.69 Å². The first-order chi connectivity index (χ1) is 13.7. The number of anilines is 1. The van der Waals surface area contributed by atoms with Gasteiger partial charge in [-0.2, -0.15) is 0 Å². The van der Waals surface area contributed by atoms with Crippen LogP contribution in [-0.2, 0) is 6.54 Å². The van der Waals surface area contributed by atoms with Gasteiger partial charge in [-0.3, -0.25) is 4.99 Å². The van der Waals surface area contributed by atoms with Crippen LogP contribution >= 0.6 is 24.0 Å². The van der Waals surface area contributed by atoms with Gasteiger partial charge >= 0.3 is 0 Å². The molecular formula is C21H30IN5O2. The smallest absolute Gasteiger partial charge is 0.213 e.